The molecule has 9 nitrogen and oxygen atoms in total. The Kier molecular flexibility index (Phi) is 15.3. The van der Waals surface area contributed by atoms with Gasteiger partial charge in [-0.3, -0.25) is 9.59 Å². The number of allylic oxidation sites excluding steroid dienone is 3. The molecule has 9 rings (SSSR count). The number of hydrogen-bond donors (Lipinski definition) is 6. The zero-order chi connectivity index (χ0) is 46.3. The summed E-state index contributed by atoms with van der Waals surface area (Å²) in [6.07, 6.45) is 25.2. The summed E-state index contributed by atoms with van der Waals surface area (Å²) in [5, 5.41) is 32.8. The number of piperidine rings is 1. The van der Waals surface area contributed by atoms with Crippen LogP contribution in [0.4, 0.5) is 0 Å². The molecule has 356 valence electrons. The quantitative estimate of drug-likeness (QED) is 0.0420. The second-order valence-electron chi connectivity index (χ2n) is 21.1. The predicted molar refractivity (Wildman–Crippen MR) is 267 cm³/mol. The minimum absolute atomic E-state index is 0.0137. The van der Waals surface area contributed by atoms with E-state index >= 15 is 0 Å². The van der Waals surface area contributed by atoms with Crippen molar-refractivity contribution in [3.63, 3.8) is 0 Å². The van der Waals surface area contributed by atoms with Gasteiger partial charge in [0.25, 0.3) is 0 Å². The fraction of sp³-hybridized carbons (Fsp3) is 0.517. The van der Waals surface area contributed by atoms with E-state index in [1.807, 2.05) is 12.3 Å². The average Bonchev–Trinajstić information content (AvgIpc) is 3.76. The number of dihydropyridines is 1. The molecule has 0 spiro atoms. The number of carbonyl (C=O) groups is 2. The summed E-state index contributed by atoms with van der Waals surface area (Å²) in [5.41, 5.74) is 14.4. The van der Waals surface area contributed by atoms with Gasteiger partial charge in [-0.05, 0) is 206 Å². The maximum absolute atomic E-state index is 13.9. The maximum atomic E-state index is 13.9. The van der Waals surface area contributed by atoms with Gasteiger partial charge in [0.1, 0.15) is 5.78 Å². The molecule has 4 fully saturated rings. The molecule has 6 aliphatic rings. The lowest BCUT2D eigenvalue weighted by Gasteiger charge is -2.54. The van der Waals surface area contributed by atoms with E-state index in [0.717, 1.165) is 92.6 Å². The molecule has 3 saturated carbocycles. The highest BCUT2D eigenvalue weighted by atomic mass is 16.5. The number of hydrogen-bond acceptors (Lipinski definition) is 9. The van der Waals surface area contributed by atoms with Crippen LogP contribution in [-0.4, -0.2) is 67.3 Å². The second kappa shape index (κ2) is 21.7. The van der Waals surface area contributed by atoms with Crippen molar-refractivity contribution in [1.29, 1.82) is 0 Å². The molecule has 67 heavy (non-hydrogen) atoms. The summed E-state index contributed by atoms with van der Waals surface area (Å²) < 4.78 is 5.53. The van der Waals surface area contributed by atoms with Crippen LogP contribution in [0.1, 0.15) is 105 Å². The number of aromatic hydroxyl groups is 1. The van der Waals surface area contributed by atoms with Crippen LogP contribution in [0.15, 0.2) is 108 Å². The van der Waals surface area contributed by atoms with Gasteiger partial charge in [-0.15, -0.1) is 0 Å². The van der Waals surface area contributed by atoms with Crippen molar-refractivity contribution in [3.05, 3.63) is 136 Å². The van der Waals surface area contributed by atoms with Gasteiger partial charge in [0.05, 0.1) is 26.3 Å². The number of nitrogens with two attached hydrogens (primary N) is 1. The van der Waals surface area contributed by atoms with Crippen LogP contribution in [0.2, 0.25) is 0 Å². The molecule has 9 heteroatoms. The van der Waals surface area contributed by atoms with Crippen molar-refractivity contribution < 1.29 is 24.5 Å². The molecular formula is C58H74N4O5. The number of methoxy groups -OCH3 is 1. The van der Waals surface area contributed by atoms with Crippen LogP contribution < -0.4 is 26.4 Å². The highest BCUT2D eigenvalue weighted by molar-refractivity contribution is 6.07. The smallest absolute Gasteiger partial charge is 0.163 e. The van der Waals surface area contributed by atoms with Crippen molar-refractivity contribution in [2.45, 2.75) is 115 Å². The number of aliphatic hydroxyl groups is 1. The number of phenols is 1. The molecule has 9 atom stereocenters. The van der Waals surface area contributed by atoms with Crippen LogP contribution in [0.5, 0.6) is 11.5 Å². The fourth-order valence-electron chi connectivity index (χ4n) is 13.8. The minimum Gasteiger partial charge on any atom is -0.504 e. The lowest BCUT2D eigenvalue weighted by atomic mass is 9.54. The summed E-state index contributed by atoms with van der Waals surface area (Å²) in [6, 6.07) is 23.3. The Bertz CT molecular complexity index is 2350. The topological polar surface area (TPSA) is 146 Å². The normalized spacial score (nSPS) is 29.1. The van der Waals surface area contributed by atoms with Crippen molar-refractivity contribution >= 4 is 17.1 Å². The fourth-order valence-corrected chi connectivity index (χ4v) is 13.8. The number of fused-ring (bicyclic) bond motifs is 3. The Balaban J connectivity index is 0.858. The van der Waals surface area contributed by atoms with E-state index in [-0.39, 0.29) is 41.1 Å². The number of benzene rings is 3. The van der Waals surface area contributed by atoms with Crippen LogP contribution in [-0.2, 0) is 35.3 Å². The van der Waals surface area contributed by atoms with Crippen molar-refractivity contribution in [3.8, 4) is 11.5 Å². The van der Waals surface area contributed by atoms with Gasteiger partial charge < -0.3 is 36.6 Å². The van der Waals surface area contributed by atoms with E-state index < -0.39 is 6.61 Å². The van der Waals surface area contributed by atoms with Gasteiger partial charge in [0.15, 0.2) is 17.3 Å². The summed E-state index contributed by atoms with van der Waals surface area (Å²) in [4.78, 5) is 27.7. The molecule has 7 N–H and O–H groups in total. The third kappa shape index (κ3) is 11.2. The third-order valence-corrected chi connectivity index (χ3v) is 16.9. The summed E-state index contributed by atoms with van der Waals surface area (Å²) in [5.74, 6) is 3.71. The Morgan fingerprint density at radius 1 is 0.940 bits per heavy atom. The number of aryl methyl sites for hydroxylation is 3. The summed E-state index contributed by atoms with van der Waals surface area (Å²) >= 11 is 0. The van der Waals surface area contributed by atoms with E-state index in [1.54, 1.807) is 12.1 Å². The Hall–Kier alpha value is -4.80. The molecule has 3 aliphatic carbocycles. The number of carbonyl (C=O) groups excluding carboxylic acids is 2. The zero-order valence-electron chi connectivity index (χ0n) is 39.7. The molecule has 0 bridgehead atoms. The molecule has 0 radical (unpaired) electrons. The number of rotatable bonds is 18. The predicted octanol–water partition coefficient (Wildman–Crippen LogP) is 8.72. The van der Waals surface area contributed by atoms with Gasteiger partial charge in [0, 0.05) is 25.2 Å². The van der Waals surface area contributed by atoms with Crippen LogP contribution in [0, 0.1) is 40.9 Å². The third-order valence-electron chi connectivity index (χ3n) is 16.9. The molecule has 3 heterocycles. The molecule has 3 aromatic rings. The molecule has 0 amide bonds. The number of phenolic OH excluding ortho intramolecular Hbond substituents is 1. The first-order chi connectivity index (χ1) is 32.7. The number of nitrogens with one attached hydrogen (secondary N) is 3. The first-order valence-electron chi connectivity index (χ1n) is 25.6. The molecule has 9 unspecified atom stereocenters. The van der Waals surface area contributed by atoms with Gasteiger partial charge in [-0.25, -0.2) is 0 Å². The van der Waals surface area contributed by atoms with Crippen molar-refractivity contribution in [1.82, 2.24) is 16.0 Å². The first-order valence-corrected chi connectivity index (χ1v) is 25.6. The van der Waals surface area contributed by atoms with E-state index in [1.165, 1.54) is 74.8 Å². The van der Waals surface area contributed by atoms with Crippen molar-refractivity contribution in [2.24, 2.45) is 46.7 Å². The van der Waals surface area contributed by atoms with Crippen molar-refractivity contribution in [2.75, 3.05) is 33.4 Å². The van der Waals surface area contributed by atoms with Crippen LogP contribution in [0.3, 0.4) is 0 Å². The van der Waals surface area contributed by atoms with Gasteiger partial charge in [-0.2, -0.15) is 0 Å². The van der Waals surface area contributed by atoms with Gasteiger partial charge in [0.2, 0.25) is 0 Å². The number of ether oxygens (including phenoxy) is 1. The molecule has 3 aliphatic heterocycles. The molecule has 0 aromatic heterocycles. The number of Topliss-reactive ketones (excluding diaryl/α,β-unsaturated/α-hetero) is 1. The SMILES string of the molecule is COc1cc(C(=CC(=O)CC(=O)CC2CCC3CCCC3(CC3C4CCNCC4CC4C=CCNC43)C2)CO)c(CC2=CNC(N)C=C2CCc2cccc(CCc3ccccc3)c2)cc1O. The molecule has 1 saturated heterocycles. The molecule has 3 aromatic carbocycles. The van der Waals surface area contributed by atoms with Crippen LogP contribution in [0.25, 0.3) is 5.57 Å². The lowest BCUT2D eigenvalue weighted by Crippen LogP contribution is -2.57. The van der Waals surface area contributed by atoms with E-state index in [2.05, 4.69) is 82.7 Å². The van der Waals surface area contributed by atoms with Crippen LogP contribution >= 0.6 is 0 Å². The maximum Gasteiger partial charge on any atom is 0.163 e. The average molecular weight is 907 g/mol. The summed E-state index contributed by atoms with van der Waals surface area (Å²) in [7, 11) is 1.49. The molecular weight excluding hydrogens is 833 g/mol. The largest absolute Gasteiger partial charge is 0.504 e. The Morgan fingerprint density at radius 3 is 2.57 bits per heavy atom. The van der Waals surface area contributed by atoms with E-state index in [9.17, 15) is 19.8 Å². The van der Waals surface area contributed by atoms with E-state index in [4.69, 9.17) is 10.5 Å². The highest BCUT2D eigenvalue weighted by Gasteiger charge is 2.53. The highest BCUT2D eigenvalue weighted by Crippen LogP contribution is 2.60. The zero-order valence-corrected chi connectivity index (χ0v) is 39.7. The van der Waals surface area contributed by atoms with Gasteiger partial charge in [-0.1, -0.05) is 73.2 Å². The summed E-state index contributed by atoms with van der Waals surface area (Å²) in [6.45, 7) is 2.82. The van der Waals surface area contributed by atoms with Gasteiger partial charge >= 0.3 is 0 Å². The number of aliphatic hydroxyl groups excluding tert-OH is 1. The monoisotopic (exact) mass is 907 g/mol. The van der Waals surface area contributed by atoms with E-state index in [0.29, 0.717) is 47.8 Å². The standard InChI is InChI=1S/C58H74N4O5/c1-67-55-32-52(44(29-54(55)66)27-45-36-62-56(59)30-42(45)18-16-40-11-5-10-39(24-40)15-14-38-8-3-2-4-9-38)47(37-63)28-50(65)31-49(64)25-41-17-19-48-13-6-21-58(48,33-41)34-53-51-20-23-60-35-46(51)26-43-12-7-22-61-57(43)53/h2-5,7-12,24,28-30,32,36,41,43,46,48,51,53,56-57,60-63,66H,6,13-23,25-27,31,33-35,37,59H2,1H3. The first kappa shape index (κ1) is 47.3. The Labute approximate surface area is 398 Å². The lowest BCUT2D eigenvalue weighted by molar-refractivity contribution is -0.126. The number of ketones is 2. The minimum atomic E-state index is -0.412. The second-order valence-corrected chi connectivity index (χ2v) is 21.1. The Morgan fingerprint density at radius 2 is 1.75 bits per heavy atom.